The molecule has 0 amide bonds. The summed E-state index contributed by atoms with van der Waals surface area (Å²) in [5.74, 6) is 0.586. The van der Waals surface area contributed by atoms with E-state index in [-0.39, 0.29) is 5.43 Å². The molecule has 0 saturated carbocycles. The van der Waals surface area contributed by atoms with E-state index in [0.29, 0.717) is 27.2 Å². The van der Waals surface area contributed by atoms with Crippen molar-refractivity contribution in [3.05, 3.63) is 38.6 Å². The van der Waals surface area contributed by atoms with Crippen molar-refractivity contribution in [3.63, 3.8) is 0 Å². The van der Waals surface area contributed by atoms with E-state index in [2.05, 4.69) is 4.98 Å². The van der Waals surface area contributed by atoms with Gasteiger partial charge in [0.25, 0.3) is 0 Å². The Morgan fingerprint density at radius 2 is 2.00 bits per heavy atom. The van der Waals surface area contributed by atoms with Crippen molar-refractivity contribution in [3.8, 4) is 5.75 Å². The van der Waals surface area contributed by atoms with Crippen LogP contribution in [0.2, 0.25) is 5.02 Å². The van der Waals surface area contributed by atoms with Gasteiger partial charge in [0.15, 0.2) is 5.43 Å². The summed E-state index contributed by atoms with van der Waals surface area (Å²) in [6, 6.07) is 3.35. The Hall–Kier alpha value is -1.48. The molecule has 0 saturated heterocycles. The molecule has 4 heteroatoms. The number of rotatable bonds is 1. The van der Waals surface area contributed by atoms with Crippen molar-refractivity contribution in [2.24, 2.45) is 0 Å². The van der Waals surface area contributed by atoms with E-state index in [9.17, 15) is 4.79 Å². The largest absolute Gasteiger partial charge is 0.494 e. The van der Waals surface area contributed by atoms with Crippen LogP contribution in [0.15, 0.2) is 16.9 Å². The Kier molecular flexibility index (Phi) is 2.64. The zero-order valence-electron chi connectivity index (χ0n) is 9.35. The van der Waals surface area contributed by atoms with Crippen LogP contribution < -0.4 is 10.2 Å². The van der Waals surface area contributed by atoms with Gasteiger partial charge in [-0.1, -0.05) is 11.6 Å². The fraction of sp³-hybridized carbons (Fsp3) is 0.250. The minimum absolute atomic E-state index is 0.00736. The molecule has 84 valence electrons. The molecule has 1 aromatic carbocycles. The number of aryl methyl sites for hydroxylation is 1. The normalized spacial score (nSPS) is 10.8. The van der Waals surface area contributed by atoms with Crippen molar-refractivity contribution >= 4 is 22.5 Å². The number of fused-ring (bicyclic) bond motifs is 1. The number of hydrogen-bond donors (Lipinski definition) is 1. The number of ether oxygens (including phenoxy) is 1. The first-order valence-corrected chi connectivity index (χ1v) is 5.29. The van der Waals surface area contributed by atoms with E-state index in [0.717, 1.165) is 5.69 Å². The van der Waals surface area contributed by atoms with Gasteiger partial charge < -0.3 is 9.72 Å². The molecule has 1 N–H and O–H groups in total. The lowest BCUT2D eigenvalue weighted by Crippen LogP contribution is -2.10. The smallest absolute Gasteiger partial charge is 0.192 e. The summed E-state index contributed by atoms with van der Waals surface area (Å²) >= 11 is 5.93. The molecule has 0 aliphatic heterocycles. The van der Waals surface area contributed by atoms with E-state index < -0.39 is 0 Å². The number of pyridine rings is 1. The first kappa shape index (κ1) is 11.0. The molecule has 0 radical (unpaired) electrons. The zero-order valence-corrected chi connectivity index (χ0v) is 10.1. The maximum atomic E-state index is 12.0. The molecule has 0 spiro atoms. The lowest BCUT2D eigenvalue weighted by atomic mass is 10.1. The van der Waals surface area contributed by atoms with Crippen LogP contribution in [0.5, 0.6) is 5.75 Å². The topological polar surface area (TPSA) is 42.1 Å². The summed E-state index contributed by atoms with van der Waals surface area (Å²) < 4.78 is 5.20. The number of halogens is 1. The van der Waals surface area contributed by atoms with Crippen molar-refractivity contribution in [1.82, 2.24) is 4.98 Å². The van der Waals surface area contributed by atoms with Gasteiger partial charge in [0.05, 0.1) is 18.0 Å². The van der Waals surface area contributed by atoms with Gasteiger partial charge in [0.2, 0.25) is 0 Å². The van der Waals surface area contributed by atoms with Gasteiger partial charge in [-0.3, -0.25) is 4.79 Å². The van der Waals surface area contributed by atoms with Gasteiger partial charge in [-0.2, -0.15) is 0 Å². The molecule has 0 unspecified atom stereocenters. The Morgan fingerprint density at radius 1 is 1.31 bits per heavy atom. The maximum Gasteiger partial charge on any atom is 0.192 e. The molecular formula is C12H12ClNO2. The third kappa shape index (κ3) is 1.57. The Morgan fingerprint density at radius 3 is 2.62 bits per heavy atom. The van der Waals surface area contributed by atoms with Crippen LogP contribution in [0.3, 0.4) is 0 Å². The van der Waals surface area contributed by atoms with E-state index >= 15 is 0 Å². The third-order valence-corrected chi connectivity index (χ3v) is 2.97. The molecule has 2 aromatic rings. The quantitative estimate of drug-likeness (QED) is 0.829. The molecule has 16 heavy (non-hydrogen) atoms. The van der Waals surface area contributed by atoms with Gasteiger partial charge in [0, 0.05) is 22.3 Å². The Labute approximate surface area is 98.0 Å². The van der Waals surface area contributed by atoms with Crippen molar-refractivity contribution < 1.29 is 4.74 Å². The predicted octanol–water partition coefficient (Wildman–Crippen LogP) is 2.81. The molecule has 0 aliphatic carbocycles. The number of methoxy groups -OCH3 is 1. The van der Waals surface area contributed by atoms with Crippen LogP contribution in [-0.2, 0) is 0 Å². The predicted molar refractivity (Wildman–Crippen MR) is 65.6 cm³/mol. The molecule has 0 fully saturated rings. The number of H-pyrrole nitrogens is 1. The van der Waals surface area contributed by atoms with E-state index in [1.54, 1.807) is 26.2 Å². The molecule has 0 atom stereocenters. The number of benzene rings is 1. The molecule has 0 aliphatic rings. The summed E-state index contributed by atoms with van der Waals surface area (Å²) in [5.41, 5.74) is 2.24. The second kappa shape index (κ2) is 3.83. The highest BCUT2D eigenvalue weighted by atomic mass is 35.5. The van der Waals surface area contributed by atoms with E-state index in [4.69, 9.17) is 16.3 Å². The van der Waals surface area contributed by atoms with Gasteiger partial charge >= 0.3 is 0 Å². The van der Waals surface area contributed by atoms with Crippen LogP contribution in [-0.4, -0.2) is 12.1 Å². The number of hydrogen-bond acceptors (Lipinski definition) is 2. The average Bonchev–Trinajstić information content (AvgIpc) is 2.26. The summed E-state index contributed by atoms with van der Waals surface area (Å²) in [4.78, 5) is 15.2. The maximum absolute atomic E-state index is 12.0. The standard InChI is InChI=1S/C12H12ClNO2/c1-6-7(2)14-11-9(12(6)15)4-8(13)5-10(11)16-3/h4-5H,1-3H3,(H,14,15). The number of nitrogens with one attached hydrogen (secondary N) is 1. The Balaban J connectivity index is 3.01. The number of aromatic amines is 1. The molecule has 3 nitrogen and oxygen atoms in total. The van der Waals surface area contributed by atoms with E-state index in [1.165, 1.54) is 0 Å². The van der Waals surface area contributed by atoms with Crippen molar-refractivity contribution in [2.45, 2.75) is 13.8 Å². The van der Waals surface area contributed by atoms with Crippen LogP contribution >= 0.6 is 11.6 Å². The summed E-state index contributed by atoms with van der Waals surface area (Å²) in [5, 5.41) is 1.06. The summed E-state index contributed by atoms with van der Waals surface area (Å²) in [6.07, 6.45) is 0. The lowest BCUT2D eigenvalue weighted by Gasteiger charge is -2.09. The molecule has 0 bridgehead atoms. The van der Waals surface area contributed by atoms with Crippen LogP contribution in [0, 0.1) is 13.8 Å². The third-order valence-electron chi connectivity index (χ3n) is 2.75. The van der Waals surface area contributed by atoms with Crippen molar-refractivity contribution in [1.29, 1.82) is 0 Å². The second-order valence-electron chi connectivity index (χ2n) is 3.73. The van der Waals surface area contributed by atoms with Gasteiger partial charge in [-0.15, -0.1) is 0 Å². The Bertz CT molecular complexity index is 616. The number of aromatic nitrogens is 1. The highest BCUT2D eigenvalue weighted by Crippen LogP contribution is 2.27. The van der Waals surface area contributed by atoms with Crippen LogP contribution in [0.4, 0.5) is 0 Å². The molecule has 1 heterocycles. The second-order valence-corrected chi connectivity index (χ2v) is 4.17. The van der Waals surface area contributed by atoms with Gasteiger partial charge in [-0.05, 0) is 19.9 Å². The minimum atomic E-state index is -0.00736. The van der Waals surface area contributed by atoms with Crippen LogP contribution in [0.1, 0.15) is 11.3 Å². The highest BCUT2D eigenvalue weighted by Gasteiger charge is 2.10. The van der Waals surface area contributed by atoms with Crippen LogP contribution in [0.25, 0.3) is 10.9 Å². The van der Waals surface area contributed by atoms with Gasteiger partial charge in [-0.25, -0.2) is 0 Å². The van der Waals surface area contributed by atoms with E-state index in [1.807, 2.05) is 6.92 Å². The first-order valence-electron chi connectivity index (χ1n) is 4.91. The molecule has 1 aromatic heterocycles. The summed E-state index contributed by atoms with van der Waals surface area (Å²) in [7, 11) is 1.55. The van der Waals surface area contributed by atoms with Crippen molar-refractivity contribution in [2.75, 3.05) is 7.11 Å². The van der Waals surface area contributed by atoms with Gasteiger partial charge in [0.1, 0.15) is 5.75 Å². The fourth-order valence-electron chi connectivity index (χ4n) is 1.70. The fourth-order valence-corrected chi connectivity index (χ4v) is 1.91. The monoisotopic (exact) mass is 237 g/mol. The lowest BCUT2D eigenvalue weighted by molar-refractivity contribution is 0.419. The SMILES string of the molecule is COc1cc(Cl)cc2c(=O)c(C)c(C)[nH]c12. The zero-order chi connectivity index (χ0) is 11.9. The molecular weight excluding hydrogens is 226 g/mol. The summed E-state index contributed by atoms with van der Waals surface area (Å²) in [6.45, 7) is 3.66. The highest BCUT2D eigenvalue weighted by molar-refractivity contribution is 6.31. The molecule has 2 rings (SSSR count). The average molecular weight is 238 g/mol. The minimum Gasteiger partial charge on any atom is -0.494 e. The first-order chi connectivity index (χ1) is 7.54.